The van der Waals surface area contributed by atoms with Crippen molar-refractivity contribution in [1.82, 2.24) is 4.57 Å². The molecule has 0 N–H and O–H groups in total. The van der Waals surface area contributed by atoms with Crippen LogP contribution in [0.2, 0.25) is 0 Å². The maximum atomic E-state index is 12.5. The third-order valence-corrected chi connectivity index (χ3v) is 6.17. The van der Waals surface area contributed by atoms with Gasteiger partial charge >= 0.3 is 0 Å². The van der Waals surface area contributed by atoms with E-state index in [9.17, 15) is 4.79 Å². The van der Waals surface area contributed by atoms with Crippen molar-refractivity contribution in [1.29, 1.82) is 0 Å². The zero-order chi connectivity index (χ0) is 19.5. The molecule has 5 nitrogen and oxygen atoms in total. The van der Waals surface area contributed by atoms with E-state index in [2.05, 4.69) is 17.8 Å². The van der Waals surface area contributed by atoms with Gasteiger partial charge in [0.2, 0.25) is 6.79 Å². The minimum atomic E-state index is -0.201. The van der Waals surface area contributed by atoms with Crippen LogP contribution in [-0.2, 0) is 17.8 Å². The first-order valence-corrected chi connectivity index (χ1v) is 10.6. The second-order valence-corrected chi connectivity index (χ2v) is 8.45. The van der Waals surface area contributed by atoms with E-state index < -0.39 is 0 Å². The Morgan fingerprint density at radius 1 is 1.29 bits per heavy atom. The van der Waals surface area contributed by atoms with Crippen molar-refractivity contribution in [3.05, 3.63) is 46.8 Å². The quantitative estimate of drug-likeness (QED) is 0.474. The smallest absolute Gasteiger partial charge is 0.252 e. The van der Waals surface area contributed by atoms with Crippen LogP contribution in [-0.4, -0.2) is 23.0 Å². The topological polar surface area (TPSA) is 52.8 Å². The van der Waals surface area contributed by atoms with Gasteiger partial charge in [0.25, 0.3) is 5.91 Å². The summed E-state index contributed by atoms with van der Waals surface area (Å²) in [5.74, 6) is 4.84. The highest BCUT2D eigenvalue weighted by molar-refractivity contribution is 7.99. The number of nitrogens with zero attached hydrogens (tertiary/aromatic N) is 2. The number of benzene rings is 2. The average Bonchev–Trinajstić information content (AvgIpc) is 3.26. The van der Waals surface area contributed by atoms with E-state index >= 15 is 0 Å². The third kappa shape index (κ3) is 3.79. The van der Waals surface area contributed by atoms with Crippen LogP contribution in [0.4, 0.5) is 0 Å². The highest BCUT2D eigenvalue weighted by Gasteiger charge is 2.17. The van der Waals surface area contributed by atoms with Crippen molar-refractivity contribution in [3.8, 4) is 23.8 Å². The van der Waals surface area contributed by atoms with E-state index in [4.69, 9.17) is 15.9 Å². The van der Waals surface area contributed by atoms with Gasteiger partial charge in [-0.25, -0.2) is 0 Å². The summed E-state index contributed by atoms with van der Waals surface area (Å²) < 4.78 is 13.7. The van der Waals surface area contributed by atoms with Gasteiger partial charge in [0.05, 0.1) is 23.2 Å². The summed E-state index contributed by atoms with van der Waals surface area (Å²) in [6.07, 6.45) is 5.79. The van der Waals surface area contributed by atoms with Gasteiger partial charge in [-0.1, -0.05) is 36.3 Å². The molecule has 28 heavy (non-hydrogen) atoms. The molecule has 0 spiro atoms. The Morgan fingerprint density at radius 2 is 2.04 bits per heavy atom. The number of hydrogen-bond donors (Lipinski definition) is 0. The first kappa shape index (κ1) is 18.7. The summed E-state index contributed by atoms with van der Waals surface area (Å²) in [5, 5.41) is 0. The molecule has 1 aliphatic heterocycles. The first-order chi connectivity index (χ1) is 13.7. The Balaban J connectivity index is 1.65. The minimum Gasteiger partial charge on any atom is -0.454 e. The fourth-order valence-electron chi connectivity index (χ4n) is 2.98. The molecule has 0 saturated carbocycles. The molecule has 0 atom stereocenters. The Kier molecular flexibility index (Phi) is 5.42. The van der Waals surface area contributed by atoms with Crippen LogP contribution in [0.15, 0.2) is 46.3 Å². The minimum absolute atomic E-state index is 0.201. The maximum absolute atomic E-state index is 12.5. The molecule has 2 heterocycles. The Labute approximate surface area is 171 Å². The van der Waals surface area contributed by atoms with Crippen molar-refractivity contribution < 1.29 is 14.3 Å². The number of thiazole rings is 1. The molecule has 4 rings (SSSR count). The number of amides is 1. The normalized spacial score (nSPS) is 13.1. The van der Waals surface area contributed by atoms with Crippen LogP contribution in [0, 0.1) is 12.3 Å². The third-order valence-electron chi connectivity index (χ3n) is 4.24. The van der Waals surface area contributed by atoms with Crippen molar-refractivity contribution in [2.45, 2.75) is 24.8 Å². The van der Waals surface area contributed by atoms with E-state index in [-0.39, 0.29) is 19.1 Å². The van der Waals surface area contributed by atoms with Gasteiger partial charge in [0.1, 0.15) is 0 Å². The molecule has 142 valence electrons. The average molecular weight is 411 g/mol. The number of carbonyl (C=O) groups excluding carboxylic acids is 1. The van der Waals surface area contributed by atoms with Crippen molar-refractivity contribution >= 4 is 39.2 Å². The molecule has 1 amide bonds. The van der Waals surface area contributed by atoms with Crippen molar-refractivity contribution in [2.75, 3.05) is 12.5 Å². The summed E-state index contributed by atoms with van der Waals surface area (Å²) in [6, 6.07) is 11.8. The lowest BCUT2D eigenvalue weighted by Gasteiger charge is -2.02. The fourth-order valence-corrected chi connectivity index (χ4v) is 4.70. The van der Waals surface area contributed by atoms with Gasteiger partial charge in [-0.3, -0.25) is 4.79 Å². The SMILES string of the molecule is C#CCn1c(=NC(=O)Cc2ccc(SCC)cc2)sc2cc3c(cc21)OCO3. The summed E-state index contributed by atoms with van der Waals surface area (Å²) in [7, 11) is 0. The predicted molar refractivity (Wildman–Crippen MR) is 112 cm³/mol. The van der Waals surface area contributed by atoms with Crippen LogP contribution < -0.4 is 14.3 Å². The summed E-state index contributed by atoms with van der Waals surface area (Å²) >= 11 is 3.19. The lowest BCUT2D eigenvalue weighted by molar-refractivity contribution is -0.117. The van der Waals surface area contributed by atoms with Crippen molar-refractivity contribution in [2.24, 2.45) is 4.99 Å². The van der Waals surface area contributed by atoms with E-state index in [0.29, 0.717) is 22.8 Å². The molecule has 7 heteroatoms. The maximum Gasteiger partial charge on any atom is 0.252 e. The second-order valence-electron chi connectivity index (χ2n) is 6.11. The van der Waals surface area contributed by atoms with Gasteiger partial charge < -0.3 is 14.0 Å². The Morgan fingerprint density at radius 3 is 2.75 bits per heavy atom. The zero-order valence-corrected chi connectivity index (χ0v) is 16.9. The first-order valence-electron chi connectivity index (χ1n) is 8.83. The van der Waals surface area contributed by atoms with Gasteiger partial charge in [-0.05, 0) is 23.4 Å². The molecule has 1 aromatic heterocycles. The Bertz CT molecular complexity index is 1140. The second kappa shape index (κ2) is 8.13. The van der Waals surface area contributed by atoms with E-state index in [0.717, 1.165) is 21.5 Å². The summed E-state index contributed by atoms with van der Waals surface area (Å²) in [5.41, 5.74) is 1.83. The molecule has 0 bridgehead atoms. The number of hydrogen-bond acceptors (Lipinski definition) is 5. The van der Waals surface area contributed by atoms with Crippen LogP contribution >= 0.6 is 23.1 Å². The molecule has 0 unspecified atom stereocenters. The number of rotatable bonds is 5. The number of thioether (sulfide) groups is 1. The fraction of sp³-hybridized carbons (Fsp3) is 0.238. The number of carbonyl (C=O) groups is 1. The molecule has 0 fully saturated rings. The number of terminal acetylenes is 1. The van der Waals surface area contributed by atoms with Gasteiger partial charge in [0.15, 0.2) is 16.3 Å². The highest BCUT2D eigenvalue weighted by atomic mass is 32.2. The molecule has 2 aromatic carbocycles. The van der Waals surface area contributed by atoms with Gasteiger partial charge in [0, 0.05) is 17.0 Å². The molecule has 0 aliphatic carbocycles. The lowest BCUT2D eigenvalue weighted by Crippen LogP contribution is -2.17. The summed E-state index contributed by atoms with van der Waals surface area (Å²) in [4.78, 5) is 18.7. The van der Waals surface area contributed by atoms with Crippen molar-refractivity contribution in [3.63, 3.8) is 0 Å². The number of ether oxygens (including phenoxy) is 2. The van der Waals surface area contributed by atoms with E-state index in [1.165, 1.54) is 16.2 Å². The standard InChI is InChI=1S/C21H18N2O3S2/c1-3-9-23-16-11-17-18(26-13-25-17)12-19(16)28-21(23)22-20(24)10-14-5-7-15(8-6-14)27-4-2/h1,5-8,11-12H,4,9-10,13H2,2H3. The van der Waals surface area contributed by atoms with Gasteiger partial charge in [-0.2, -0.15) is 4.99 Å². The molecule has 1 aliphatic rings. The van der Waals surface area contributed by atoms with Gasteiger partial charge in [-0.15, -0.1) is 18.2 Å². The number of fused-ring (bicyclic) bond motifs is 2. The van der Waals surface area contributed by atoms with Crippen LogP contribution in [0.25, 0.3) is 10.2 Å². The van der Waals surface area contributed by atoms with Crippen LogP contribution in [0.3, 0.4) is 0 Å². The van der Waals surface area contributed by atoms with E-state index in [1.54, 1.807) is 11.8 Å². The molecule has 3 aromatic rings. The number of aromatic nitrogens is 1. The molecular formula is C21H18N2O3S2. The van der Waals surface area contributed by atoms with Crippen LogP contribution in [0.5, 0.6) is 11.5 Å². The monoisotopic (exact) mass is 410 g/mol. The molecular weight excluding hydrogens is 392 g/mol. The van der Waals surface area contributed by atoms with E-state index in [1.807, 2.05) is 41.0 Å². The lowest BCUT2D eigenvalue weighted by atomic mass is 10.1. The largest absolute Gasteiger partial charge is 0.454 e. The van der Waals surface area contributed by atoms with Crippen LogP contribution in [0.1, 0.15) is 12.5 Å². The molecule has 0 radical (unpaired) electrons. The summed E-state index contributed by atoms with van der Waals surface area (Å²) in [6.45, 7) is 2.66. The Hall–Kier alpha value is -2.69. The highest BCUT2D eigenvalue weighted by Crippen LogP contribution is 2.36. The molecule has 0 saturated heterocycles. The predicted octanol–water partition coefficient (Wildman–Crippen LogP) is 3.85. The zero-order valence-electron chi connectivity index (χ0n) is 15.3.